The van der Waals surface area contributed by atoms with E-state index in [0.29, 0.717) is 22.4 Å². The van der Waals surface area contributed by atoms with E-state index in [2.05, 4.69) is 15.0 Å². The Labute approximate surface area is 196 Å². The number of anilines is 1. The van der Waals surface area contributed by atoms with Gasteiger partial charge in [0.25, 0.3) is 5.91 Å². The number of nitrogens with one attached hydrogen (secondary N) is 1. The molecule has 1 amide bonds. The molecule has 172 valence electrons. The van der Waals surface area contributed by atoms with Crippen LogP contribution in [0.2, 0.25) is 0 Å². The second-order valence-electron chi connectivity index (χ2n) is 7.48. The maximum atomic E-state index is 13.2. The van der Waals surface area contributed by atoms with Crippen LogP contribution in [0.1, 0.15) is 37.8 Å². The van der Waals surface area contributed by atoms with Gasteiger partial charge in [0.2, 0.25) is 0 Å². The molecule has 0 saturated heterocycles. The van der Waals surface area contributed by atoms with E-state index in [9.17, 15) is 23.5 Å². The summed E-state index contributed by atoms with van der Waals surface area (Å²) in [7, 11) is 1.34. The number of carboxylic acid groups (broad SMARTS) is 1. The second-order valence-corrected chi connectivity index (χ2v) is 8.15. The Bertz CT molecular complexity index is 1320. The molecule has 1 heterocycles. The number of alkyl halides is 2. The van der Waals surface area contributed by atoms with Crippen molar-refractivity contribution in [1.29, 1.82) is 0 Å². The van der Waals surface area contributed by atoms with Crippen LogP contribution in [0.15, 0.2) is 77.8 Å². The zero-order chi connectivity index (χ0) is 24.3. The molecule has 2 N–H and O–H groups in total. The maximum absolute atomic E-state index is 13.2. The third kappa shape index (κ3) is 5.53. The zero-order valence-electron chi connectivity index (χ0n) is 17.6. The van der Waals surface area contributed by atoms with Gasteiger partial charge in [-0.15, -0.1) is 0 Å². The van der Waals surface area contributed by atoms with Gasteiger partial charge < -0.3 is 15.2 Å². The van der Waals surface area contributed by atoms with Crippen molar-refractivity contribution in [2.45, 2.75) is 11.8 Å². The number of carbonyl (C=O) groups excluding carboxylic acids is 1. The summed E-state index contributed by atoms with van der Waals surface area (Å²) in [4.78, 5) is 28.6. The number of hydrogen-bond donors (Lipinski definition) is 2. The first-order chi connectivity index (χ1) is 16.2. The average Bonchev–Trinajstić information content (AvgIpc) is 3.00. The number of aromatic carboxylic acids is 1. The summed E-state index contributed by atoms with van der Waals surface area (Å²) in [6, 6.07) is 17.4. The molecule has 0 saturated carbocycles. The number of aliphatic imine (C=N–C) groups is 1. The second kappa shape index (κ2) is 9.53. The van der Waals surface area contributed by atoms with Crippen LogP contribution in [0.5, 0.6) is 5.75 Å². The third-order valence-corrected chi connectivity index (χ3v) is 5.17. The largest absolute Gasteiger partial charge is 0.478 e. The Morgan fingerprint density at radius 1 is 1.06 bits per heavy atom. The Morgan fingerprint density at radius 2 is 1.85 bits per heavy atom. The number of carbonyl (C=O) groups is 2. The van der Waals surface area contributed by atoms with Crippen LogP contribution in [0.4, 0.5) is 20.2 Å². The first-order valence-electron chi connectivity index (χ1n) is 10.2. The Kier molecular flexibility index (Phi) is 6.52. The van der Waals surface area contributed by atoms with Crippen LogP contribution in [0.3, 0.4) is 0 Å². The molecule has 0 aromatic heterocycles. The number of halogens is 2. The standard InChI is InChI=1S/C25H19F2N2O4P/c26-25(27,34)33-19-5-3-4-15(13-19)18-9-8-16-12-17(10-11-21(16)28-14-18)23(30)29-22-7-2-1-6-20(22)24(31)32/h1-14,18H,34H2,(H,29,30)(H,31,32). The highest BCUT2D eigenvalue weighted by atomic mass is 31.0. The lowest BCUT2D eigenvalue weighted by Gasteiger charge is -2.14. The van der Waals surface area contributed by atoms with E-state index in [1.807, 2.05) is 6.08 Å². The van der Waals surface area contributed by atoms with Crippen LogP contribution in [-0.2, 0) is 0 Å². The maximum Gasteiger partial charge on any atom is 0.408 e. The summed E-state index contributed by atoms with van der Waals surface area (Å²) in [5.41, 5.74) is 2.54. The zero-order valence-corrected chi connectivity index (χ0v) is 18.8. The minimum atomic E-state index is -3.37. The number of fused-ring (bicyclic) bond motifs is 1. The van der Waals surface area contributed by atoms with Gasteiger partial charge in [0.1, 0.15) is 5.75 Å². The number of nitrogens with zero attached hydrogens (tertiary/aromatic N) is 1. The quantitative estimate of drug-likeness (QED) is 0.427. The van der Waals surface area contributed by atoms with Crippen LogP contribution < -0.4 is 10.1 Å². The monoisotopic (exact) mass is 480 g/mol. The molecule has 3 aromatic rings. The molecule has 0 aliphatic carbocycles. The minimum absolute atomic E-state index is 0.0106. The fraction of sp³-hybridized carbons (Fsp3) is 0.0800. The minimum Gasteiger partial charge on any atom is -0.478 e. The topological polar surface area (TPSA) is 88.0 Å². The van der Waals surface area contributed by atoms with Crippen molar-refractivity contribution in [3.63, 3.8) is 0 Å². The fourth-order valence-corrected chi connectivity index (χ4v) is 3.61. The molecule has 1 aliphatic heterocycles. The van der Waals surface area contributed by atoms with E-state index in [-0.39, 0.29) is 22.9 Å². The van der Waals surface area contributed by atoms with Gasteiger partial charge in [0.15, 0.2) is 0 Å². The Morgan fingerprint density at radius 3 is 2.62 bits per heavy atom. The van der Waals surface area contributed by atoms with E-state index in [1.165, 1.54) is 33.5 Å². The molecule has 3 aromatic carbocycles. The number of para-hydroxylation sites is 1. The predicted octanol–water partition coefficient (Wildman–Crippen LogP) is 5.95. The summed E-state index contributed by atoms with van der Waals surface area (Å²) < 4.78 is 31.0. The van der Waals surface area contributed by atoms with E-state index >= 15 is 0 Å². The Balaban J connectivity index is 1.55. The van der Waals surface area contributed by atoms with Crippen molar-refractivity contribution in [2.24, 2.45) is 4.99 Å². The molecule has 4 rings (SSSR count). The summed E-state index contributed by atoms with van der Waals surface area (Å²) in [5.74, 6) is -5.24. The highest BCUT2D eigenvalue weighted by Gasteiger charge is 2.24. The molecule has 0 bridgehead atoms. The van der Waals surface area contributed by atoms with E-state index < -0.39 is 17.7 Å². The molecule has 1 aliphatic rings. The van der Waals surface area contributed by atoms with Crippen molar-refractivity contribution in [3.05, 3.63) is 95.1 Å². The van der Waals surface area contributed by atoms with Gasteiger partial charge in [0.05, 0.1) is 16.9 Å². The van der Waals surface area contributed by atoms with E-state index in [4.69, 9.17) is 0 Å². The van der Waals surface area contributed by atoms with E-state index in [0.717, 1.165) is 0 Å². The molecule has 34 heavy (non-hydrogen) atoms. The highest BCUT2D eigenvalue weighted by molar-refractivity contribution is 7.17. The number of allylic oxidation sites excluding steroid dienone is 1. The van der Waals surface area contributed by atoms with Gasteiger partial charge in [-0.2, -0.15) is 8.78 Å². The molecule has 0 spiro atoms. The van der Waals surface area contributed by atoms with Crippen LogP contribution in [-0.4, -0.2) is 29.0 Å². The number of rotatable bonds is 6. The van der Waals surface area contributed by atoms with Gasteiger partial charge in [0, 0.05) is 23.3 Å². The average molecular weight is 480 g/mol. The third-order valence-electron chi connectivity index (χ3n) is 5.05. The number of amides is 1. The van der Waals surface area contributed by atoms with Crippen molar-refractivity contribution in [3.8, 4) is 5.75 Å². The van der Waals surface area contributed by atoms with Gasteiger partial charge in [-0.05, 0) is 57.3 Å². The van der Waals surface area contributed by atoms with Crippen LogP contribution in [0, 0.1) is 0 Å². The summed E-state index contributed by atoms with van der Waals surface area (Å²) in [5, 5.41) is 11.9. The SMILES string of the molecule is O=C(Nc1ccccc1C(=O)O)c1ccc2c(c1)C=CC(c1cccc(OC(F)(F)P)c1)C=N2. The molecule has 2 unspecified atom stereocenters. The van der Waals surface area contributed by atoms with Gasteiger partial charge in [-0.25, -0.2) is 4.79 Å². The number of benzene rings is 3. The van der Waals surface area contributed by atoms with Crippen molar-refractivity contribution in [2.75, 3.05) is 5.32 Å². The predicted molar refractivity (Wildman–Crippen MR) is 129 cm³/mol. The fourth-order valence-electron chi connectivity index (χ4n) is 3.48. The first-order valence-corrected chi connectivity index (χ1v) is 10.7. The normalized spacial score (nSPS) is 14.7. The van der Waals surface area contributed by atoms with Crippen LogP contribution in [0.25, 0.3) is 6.08 Å². The molecule has 2 atom stereocenters. The summed E-state index contributed by atoms with van der Waals surface area (Å²) in [6.45, 7) is 0. The van der Waals surface area contributed by atoms with Crippen molar-refractivity contribution >= 4 is 44.8 Å². The lowest BCUT2D eigenvalue weighted by molar-refractivity contribution is -0.0892. The first kappa shape index (κ1) is 23.3. The lowest BCUT2D eigenvalue weighted by atomic mass is 9.99. The molecule has 0 radical (unpaired) electrons. The molecule has 0 fully saturated rings. The molecule has 6 nitrogen and oxygen atoms in total. The smallest absolute Gasteiger partial charge is 0.408 e. The lowest BCUT2D eigenvalue weighted by Crippen LogP contribution is -2.14. The van der Waals surface area contributed by atoms with Crippen LogP contribution >= 0.6 is 9.24 Å². The van der Waals surface area contributed by atoms with E-state index in [1.54, 1.807) is 54.8 Å². The van der Waals surface area contributed by atoms with Crippen molar-refractivity contribution < 1.29 is 28.2 Å². The highest BCUT2D eigenvalue weighted by Crippen LogP contribution is 2.32. The summed E-state index contributed by atoms with van der Waals surface area (Å²) >= 11 is 0. The van der Waals surface area contributed by atoms with Gasteiger partial charge in [-0.3, -0.25) is 9.79 Å². The molecule has 9 heteroatoms. The number of hydrogen-bond acceptors (Lipinski definition) is 4. The van der Waals surface area contributed by atoms with Gasteiger partial charge in [-0.1, -0.05) is 36.4 Å². The number of ether oxygens (including phenoxy) is 1. The Hall–Kier alpha value is -3.90. The summed E-state index contributed by atoms with van der Waals surface area (Å²) in [6.07, 6.45) is 5.32. The van der Waals surface area contributed by atoms with Crippen molar-refractivity contribution in [1.82, 2.24) is 0 Å². The van der Waals surface area contributed by atoms with Gasteiger partial charge >= 0.3 is 11.8 Å². The molecular weight excluding hydrogens is 461 g/mol. The molecular formula is C25H19F2N2O4P. The number of carboxylic acids is 1.